The standard InChI is InChI=1S/C14H23FN2O3S/c1-4-12(5-2)17(6-7-18)21(19,20)13-9-11(16)8-10(3)14(13)15/h8-9,12,18H,4-7,16H2,1-3H3. The largest absolute Gasteiger partial charge is 0.399 e. The molecule has 0 fully saturated rings. The Hall–Kier alpha value is -1.18. The molecule has 0 spiro atoms. The highest BCUT2D eigenvalue weighted by atomic mass is 32.2. The fourth-order valence-electron chi connectivity index (χ4n) is 2.37. The fourth-order valence-corrected chi connectivity index (χ4v) is 4.31. The molecule has 0 amide bonds. The van der Waals surface area contributed by atoms with Crippen LogP contribution in [0.25, 0.3) is 0 Å². The Labute approximate surface area is 125 Å². The van der Waals surface area contributed by atoms with Crippen LogP contribution in [0, 0.1) is 12.7 Å². The number of halogens is 1. The maximum absolute atomic E-state index is 14.2. The number of aliphatic hydroxyl groups is 1. The van der Waals surface area contributed by atoms with Crippen LogP contribution in [0.3, 0.4) is 0 Å². The van der Waals surface area contributed by atoms with Gasteiger partial charge in [-0.15, -0.1) is 0 Å². The van der Waals surface area contributed by atoms with Crippen LogP contribution in [0.1, 0.15) is 32.3 Å². The van der Waals surface area contributed by atoms with Crippen molar-refractivity contribution >= 4 is 15.7 Å². The number of aryl methyl sites for hydroxylation is 1. The molecule has 1 rings (SSSR count). The highest BCUT2D eigenvalue weighted by Gasteiger charge is 2.32. The number of anilines is 1. The minimum atomic E-state index is -4.04. The number of nitrogen functional groups attached to an aromatic ring is 1. The predicted molar refractivity (Wildman–Crippen MR) is 80.9 cm³/mol. The van der Waals surface area contributed by atoms with Gasteiger partial charge in [0.1, 0.15) is 10.7 Å². The van der Waals surface area contributed by atoms with Crippen LogP contribution in [0.5, 0.6) is 0 Å². The average Bonchev–Trinajstić information content (AvgIpc) is 2.42. The quantitative estimate of drug-likeness (QED) is 0.752. The second-order valence-electron chi connectivity index (χ2n) is 4.96. The van der Waals surface area contributed by atoms with Gasteiger partial charge in [0, 0.05) is 18.3 Å². The molecule has 120 valence electrons. The lowest BCUT2D eigenvalue weighted by Gasteiger charge is -2.29. The van der Waals surface area contributed by atoms with Crippen molar-refractivity contribution < 1.29 is 17.9 Å². The van der Waals surface area contributed by atoms with Crippen molar-refractivity contribution in [3.8, 4) is 0 Å². The molecule has 0 atom stereocenters. The summed E-state index contributed by atoms with van der Waals surface area (Å²) in [6.45, 7) is 4.79. The van der Waals surface area contributed by atoms with Crippen LogP contribution >= 0.6 is 0 Å². The Morgan fingerprint density at radius 3 is 2.38 bits per heavy atom. The summed E-state index contributed by atoms with van der Waals surface area (Å²) in [5.41, 5.74) is 6.02. The number of hydrogen-bond donors (Lipinski definition) is 2. The SMILES string of the molecule is CCC(CC)N(CCO)S(=O)(=O)c1cc(N)cc(C)c1F. The summed E-state index contributed by atoms with van der Waals surface area (Å²) in [6, 6.07) is 2.23. The summed E-state index contributed by atoms with van der Waals surface area (Å²) in [4.78, 5) is -0.430. The lowest BCUT2D eigenvalue weighted by Crippen LogP contribution is -2.41. The van der Waals surface area contributed by atoms with E-state index in [9.17, 15) is 12.8 Å². The molecule has 7 heteroatoms. The van der Waals surface area contributed by atoms with Gasteiger partial charge in [-0.2, -0.15) is 4.31 Å². The van der Waals surface area contributed by atoms with Gasteiger partial charge < -0.3 is 10.8 Å². The van der Waals surface area contributed by atoms with E-state index in [4.69, 9.17) is 10.8 Å². The molecule has 0 bridgehead atoms. The highest BCUT2D eigenvalue weighted by Crippen LogP contribution is 2.27. The second kappa shape index (κ2) is 7.20. The van der Waals surface area contributed by atoms with Crippen molar-refractivity contribution in [3.05, 3.63) is 23.5 Å². The summed E-state index contributed by atoms with van der Waals surface area (Å²) in [5.74, 6) is -0.793. The van der Waals surface area contributed by atoms with Gasteiger partial charge in [-0.25, -0.2) is 12.8 Å². The summed E-state index contributed by atoms with van der Waals surface area (Å²) < 4.78 is 40.8. The van der Waals surface area contributed by atoms with Crippen LogP contribution in [-0.2, 0) is 10.0 Å². The first-order valence-electron chi connectivity index (χ1n) is 6.97. The molecule has 0 unspecified atom stereocenters. The van der Waals surface area contributed by atoms with Gasteiger partial charge >= 0.3 is 0 Å². The van der Waals surface area contributed by atoms with Gasteiger partial charge in [-0.05, 0) is 37.5 Å². The number of aliphatic hydroxyl groups excluding tert-OH is 1. The van der Waals surface area contributed by atoms with E-state index in [0.29, 0.717) is 12.8 Å². The Balaban J connectivity index is 3.42. The minimum absolute atomic E-state index is 0.0675. The van der Waals surface area contributed by atoms with Crippen LogP contribution in [0.4, 0.5) is 10.1 Å². The van der Waals surface area contributed by atoms with Crippen LogP contribution in [0.2, 0.25) is 0 Å². The molecule has 1 aromatic rings. The third-order valence-electron chi connectivity index (χ3n) is 3.50. The zero-order chi connectivity index (χ0) is 16.2. The van der Waals surface area contributed by atoms with Crippen LogP contribution in [0.15, 0.2) is 17.0 Å². The van der Waals surface area contributed by atoms with Gasteiger partial charge in [0.25, 0.3) is 0 Å². The molecule has 1 aromatic carbocycles. The van der Waals surface area contributed by atoms with Gasteiger partial charge in [-0.3, -0.25) is 0 Å². The molecule has 0 radical (unpaired) electrons. The number of rotatable bonds is 7. The molecule has 0 aliphatic heterocycles. The molecule has 5 nitrogen and oxygen atoms in total. The first-order chi connectivity index (χ1) is 9.79. The zero-order valence-corrected chi connectivity index (χ0v) is 13.5. The Kier molecular flexibility index (Phi) is 6.12. The van der Waals surface area contributed by atoms with Crippen molar-refractivity contribution in [3.63, 3.8) is 0 Å². The van der Waals surface area contributed by atoms with Crippen LogP contribution < -0.4 is 5.73 Å². The van der Waals surface area contributed by atoms with E-state index in [1.165, 1.54) is 13.0 Å². The molecule has 3 N–H and O–H groups in total. The Morgan fingerprint density at radius 1 is 1.33 bits per heavy atom. The molecule has 21 heavy (non-hydrogen) atoms. The van der Waals surface area contributed by atoms with E-state index in [2.05, 4.69) is 0 Å². The van der Waals surface area contributed by atoms with Crippen LogP contribution in [-0.4, -0.2) is 37.0 Å². The fraction of sp³-hybridized carbons (Fsp3) is 0.571. The highest BCUT2D eigenvalue weighted by molar-refractivity contribution is 7.89. The van der Waals surface area contributed by atoms with E-state index in [1.54, 1.807) is 0 Å². The molecular formula is C14H23FN2O3S. The molecular weight excluding hydrogens is 295 g/mol. The minimum Gasteiger partial charge on any atom is -0.399 e. The number of nitrogens with two attached hydrogens (primary N) is 1. The van der Waals surface area contributed by atoms with Gasteiger partial charge in [0.2, 0.25) is 10.0 Å². The number of nitrogens with zero attached hydrogens (tertiary/aromatic N) is 1. The summed E-state index contributed by atoms with van der Waals surface area (Å²) >= 11 is 0. The van der Waals surface area contributed by atoms with Gasteiger partial charge in [0.05, 0.1) is 6.61 Å². The smallest absolute Gasteiger partial charge is 0.246 e. The zero-order valence-electron chi connectivity index (χ0n) is 12.6. The summed E-state index contributed by atoms with van der Waals surface area (Å²) in [6.07, 6.45) is 1.16. The van der Waals surface area contributed by atoms with Crippen molar-refractivity contribution in [2.45, 2.75) is 44.6 Å². The molecule has 0 saturated heterocycles. The van der Waals surface area contributed by atoms with E-state index >= 15 is 0 Å². The van der Waals surface area contributed by atoms with Crippen molar-refractivity contribution in [2.24, 2.45) is 0 Å². The Bertz CT molecular complexity index is 586. The molecule has 0 saturated carbocycles. The van der Waals surface area contributed by atoms with Crippen molar-refractivity contribution in [1.29, 1.82) is 0 Å². The monoisotopic (exact) mass is 318 g/mol. The third-order valence-corrected chi connectivity index (χ3v) is 5.45. The maximum atomic E-state index is 14.2. The maximum Gasteiger partial charge on any atom is 0.246 e. The second-order valence-corrected chi connectivity index (χ2v) is 6.82. The summed E-state index contributed by atoms with van der Waals surface area (Å²) in [5, 5.41) is 9.14. The lowest BCUT2D eigenvalue weighted by molar-refractivity contribution is 0.219. The average molecular weight is 318 g/mol. The van der Waals surface area contributed by atoms with Gasteiger partial charge in [-0.1, -0.05) is 13.8 Å². The first-order valence-corrected chi connectivity index (χ1v) is 8.41. The predicted octanol–water partition coefficient (Wildman–Crippen LogP) is 1.89. The molecule has 0 aliphatic carbocycles. The number of sulfonamides is 1. The number of benzene rings is 1. The molecule has 0 heterocycles. The normalized spacial score (nSPS) is 12.3. The van der Waals surface area contributed by atoms with E-state index in [-0.39, 0.29) is 30.4 Å². The summed E-state index contributed by atoms with van der Waals surface area (Å²) in [7, 11) is -4.04. The Morgan fingerprint density at radius 2 is 1.90 bits per heavy atom. The molecule has 0 aromatic heterocycles. The topological polar surface area (TPSA) is 83.6 Å². The van der Waals surface area contributed by atoms with Crippen molar-refractivity contribution in [1.82, 2.24) is 4.31 Å². The van der Waals surface area contributed by atoms with Crippen molar-refractivity contribution in [2.75, 3.05) is 18.9 Å². The molecule has 0 aliphatic rings. The van der Waals surface area contributed by atoms with E-state index < -0.39 is 20.7 Å². The van der Waals surface area contributed by atoms with E-state index in [0.717, 1.165) is 10.4 Å². The number of hydrogen-bond acceptors (Lipinski definition) is 4. The third kappa shape index (κ3) is 3.72. The lowest BCUT2D eigenvalue weighted by atomic mass is 10.2. The van der Waals surface area contributed by atoms with Gasteiger partial charge in [0.15, 0.2) is 0 Å². The first kappa shape index (κ1) is 17.9. The van der Waals surface area contributed by atoms with E-state index in [1.807, 2.05) is 13.8 Å².